The molecule has 2 aliphatic heterocycles. The van der Waals surface area contributed by atoms with Gasteiger partial charge in [0.05, 0.1) is 7.11 Å². The fraction of sp³-hybridized carbons (Fsp3) is 0.542. The number of piperidine rings is 2. The van der Waals surface area contributed by atoms with Crippen molar-refractivity contribution >= 4 is 17.5 Å². The highest BCUT2D eigenvalue weighted by molar-refractivity contribution is 5.63. The SMILES string of the molecule is COc1ccc(Nc2ncc(C(F)(F)F)c(NC[C@@H]3CCCN4CCCC[C@H]34)n2)cc1-n1nnnc1C. The minimum Gasteiger partial charge on any atom is -0.494 e. The van der Waals surface area contributed by atoms with Crippen molar-refractivity contribution in [3.05, 3.63) is 35.8 Å². The number of fused-ring (bicyclic) bond motifs is 1. The van der Waals surface area contributed by atoms with Crippen LogP contribution in [-0.4, -0.2) is 67.9 Å². The lowest BCUT2D eigenvalue weighted by atomic mass is 9.83. The Morgan fingerprint density at radius 3 is 2.73 bits per heavy atom. The van der Waals surface area contributed by atoms with Crippen LogP contribution in [0.1, 0.15) is 43.5 Å². The zero-order valence-corrected chi connectivity index (χ0v) is 20.8. The molecule has 1 aromatic carbocycles. The summed E-state index contributed by atoms with van der Waals surface area (Å²) in [6.45, 7) is 4.33. The third-order valence-electron chi connectivity index (χ3n) is 7.14. The first-order valence-corrected chi connectivity index (χ1v) is 12.5. The standard InChI is InChI=1S/C24H30F3N9O/c1-15-32-33-34-36(15)20-12-17(8-9-21(20)37-2)30-23-29-14-18(24(25,26)27)22(31-23)28-13-16-6-5-11-35-10-4-3-7-19(16)35/h8-9,12,14,16,19H,3-7,10-11,13H2,1-2H3,(H2,28,29,30,31)/t16-,19+/m0/s1. The van der Waals surface area contributed by atoms with E-state index in [9.17, 15) is 13.2 Å². The van der Waals surface area contributed by atoms with Crippen LogP contribution in [0.25, 0.3) is 5.69 Å². The molecule has 0 radical (unpaired) electrons. The van der Waals surface area contributed by atoms with E-state index in [2.05, 4.69) is 41.0 Å². The number of hydrogen-bond acceptors (Lipinski definition) is 9. The Morgan fingerprint density at radius 2 is 1.97 bits per heavy atom. The maximum Gasteiger partial charge on any atom is 0.421 e. The first-order valence-electron chi connectivity index (χ1n) is 12.5. The predicted octanol–water partition coefficient (Wildman–Crippen LogP) is 4.21. The maximum atomic E-state index is 13.8. The van der Waals surface area contributed by atoms with Gasteiger partial charge in [0.15, 0.2) is 5.82 Å². The highest BCUT2D eigenvalue weighted by Crippen LogP contribution is 2.36. The van der Waals surface area contributed by atoms with Gasteiger partial charge in [0.2, 0.25) is 5.95 Å². The Bertz CT molecular complexity index is 1230. The summed E-state index contributed by atoms with van der Waals surface area (Å²) in [5.74, 6) is 1.18. The van der Waals surface area contributed by atoms with Crippen LogP contribution in [0.4, 0.5) is 30.6 Å². The number of halogens is 3. The van der Waals surface area contributed by atoms with E-state index in [0.717, 1.165) is 38.5 Å². The second kappa shape index (κ2) is 10.5. The molecule has 2 aliphatic rings. The molecule has 0 spiro atoms. The Kier molecular flexibility index (Phi) is 7.13. The third-order valence-corrected chi connectivity index (χ3v) is 7.14. The number of nitrogens with zero attached hydrogens (tertiary/aromatic N) is 7. The molecule has 37 heavy (non-hydrogen) atoms. The van der Waals surface area contributed by atoms with Crippen molar-refractivity contribution in [1.82, 2.24) is 35.1 Å². The second-order valence-electron chi connectivity index (χ2n) is 9.49. The molecule has 3 aromatic rings. The van der Waals surface area contributed by atoms with Gasteiger partial charge in [0.25, 0.3) is 0 Å². The van der Waals surface area contributed by atoms with Crippen LogP contribution < -0.4 is 15.4 Å². The predicted molar refractivity (Wildman–Crippen MR) is 131 cm³/mol. The van der Waals surface area contributed by atoms with Crippen molar-refractivity contribution in [2.24, 2.45) is 5.92 Å². The number of nitrogens with one attached hydrogen (secondary N) is 2. The lowest BCUT2D eigenvalue weighted by Gasteiger charge is -2.44. The highest BCUT2D eigenvalue weighted by atomic mass is 19.4. The molecule has 0 bridgehead atoms. The van der Waals surface area contributed by atoms with E-state index in [4.69, 9.17) is 4.74 Å². The molecule has 2 fully saturated rings. The fourth-order valence-corrected chi connectivity index (χ4v) is 5.34. The lowest BCUT2D eigenvalue weighted by molar-refractivity contribution is -0.137. The number of methoxy groups -OCH3 is 1. The number of aryl methyl sites for hydroxylation is 1. The molecule has 2 atom stereocenters. The van der Waals surface area contributed by atoms with Gasteiger partial charge < -0.3 is 20.3 Å². The molecule has 2 N–H and O–H groups in total. The normalized spacial score (nSPS) is 20.4. The minimum absolute atomic E-state index is 0.0444. The summed E-state index contributed by atoms with van der Waals surface area (Å²) in [4.78, 5) is 10.7. The molecule has 198 valence electrons. The van der Waals surface area contributed by atoms with E-state index in [0.29, 0.717) is 35.5 Å². The second-order valence-corrected chi connectivity index (χ2v) is 9.49. The van der Waals surface area contributed by atoms with Gasteiger partial charge in [-0.25, -0.2) is 4.98 Å². The number of aromatic nitrogens is 6. The number of tetrazole rings is 1. The molecule has 0 amide bonds. The molecule has 0 unspecified atom stereocenters. The van der Waals surface area contributed by atoms with E-state index in [1.54, 1.807) is 25.1 Å². The smallest absolute Gasteiger partial charge is 0.421 e. The van der Waals surface area contributed by atoms with Gasteiger partial charge in [-0.1, -0.05) is 6.42 Å². The largest absolute Gasteiger partial charge is 0.494 e. The zero-order valence-electron chi connectivity index (χ0n) is 20.8. The number of anilines is 3. The van der Waals surface area contributed by atoms with Crippen LogP contribution in [0.3, 0.4) is 0 Å². The van der Waals surface area contributed by atoms with E-state index < -0.39 is 11.7 Å². The van der Waals surface area contributed by atoms with Crippen LogP contribution in [0.15, 0.2) is 24.4 Å². The fourth-order valence-electron chi connectivity index (χ4n) is 5.34. The van der Waals surface area contributed by atoms with Crippen LogP contribution in [-0.2, 0) is 6.18 Å². The van der Waals surface area contributed by atoms with E-state index >= 15 is 0 Å². The summed E-state index contributed by atoms with van der Waals surface area (Å²) in [7, 11) is 1.53. The van der Waals surface area contributed by atoms with Crippen molar-refractivity contribution in [3.8, 4) is 11.4 Å². The summed E-state index contributed by atoms with van der Waals surface area (Å²) < 4.78 is 48.3. The first kappa shape index (κ1) is 25.2. The number of ether oxygens (including phenoxy) is 1. The number of rotatable bonds is 7. The summed E-state index contributed by atoms with van der Waals surface area (Å²) in [5, 5.41) is 17.5. The topological polar surface area (TPSA) is 106 Å². The van der Waals surface area contributed by atoms with Crippen molar-refractivity contribution in [1.29, 1.82) is 0 Å². The summed E-state index contributed by atoms with van der Waals surface area (Å²) in [6.07, 6.45) is 1.76. The first-order chi connectivity index (χ1) is 17.8. The molecule has 10 nitrogen and oxygen atoms in total. The van der Waals surface area contributed by atoms with E-state index in [1.165, 1.54) is 24.6 Å². The Hall–Kier alpha value is -3.48. The van der Waals surface area contributed by atoms with Crippen LogP contribution in [0.2, 0.25) is 0 Å². The molecule has 0 saturated carbocycles. The quantitative estimate of drug-likeness (QED) is 0.477. The molecule has 4 heterocycles. The highest BCUT2D eigenvalue weighted by Gasteiger charge is 2.37. The van der Waals surface area contributed by atoms with Gasteiger partial charge in [-0.05, 0) is 80.2 Å². The minimum atomic E-state index is -4.57. The number of alkyl halides is 3. The summed E-state index contributed by atoms with van der Waals surface area (Å²) in [6, 6.07) is 5.56. The van der Waals surface area contributed by atoms with Crippen LogP contribution >= 0.6 is 0 Å². The van der Waals surface area contributed by atoms with Gasteiger partial charge in [-0.2, -0.15) is 22.8 Å². The average Bonchev–Trinajstić information content (AvgIpc) is 3.32. The van der Waals surface area contributed by atoms with E-state index in [1.807, 2.05) is 0 Å². The Labute approximate surface area is 212 Å². The van der Waals surface area contributed by atoms with Gasteiger partial charge in [0, 0.05) is 24.5 Å². The lowest BCUT2D eigenvalue weighted by Crippen LogP contribution is -2.49. The molecule has 2 saturated heterocycles. The molecule has 2 aromatic heterocycles. The monoisotopic (exact) mass is 517 g/mol. The summed E-state index contributed by atoms with van der Waals surface area (Å²) >= 11 is 0. The molecule has 13 heteroatoms. The van der Waals surface area contributed by atoms with E-state index in [-0.39, 0.29) is 17.7 Å². The van der Waals surface area contributed by atoms with Gasteiger partial charge in [-0.3, -0.25) is 0 Å². The molecule has 0 aliphatic carbocycles. The Balaban J connectivity index is 1.38. The van der Waals surface area contributed by atoms with Gasteiger partial charge in [-0.15, -0.1) is 5.10 Å². The molecular formula is C24H30F3N9O. The molecule has 5 rings (SSSR count). The average molecular weight is 518 g/mol. The van der Waals surface area contributed by atoms with Crippen LogP contribution in [0, 0.1) is 12.8 Å². The van der Waals surface area contributed by atoms with Crippen LogP contribution in [0.5, 0.6) is 5.75 Å². The van der Waals surface area contributed by atoms with Crippen molar-refractivity contribution in [3.63, 3.8) is 0 Å². The van der Waals surface area contributed by atoms with Gasteiger partial charge in [0.1, 0.15) is 22.8 Å². The maximum absolute atomic E-state index is 13.8. The molecular weight excluding hydrogens is 487 g/mol. The van der Waals surface area contributed by atoms with Gasteiger partial charge >= 0.3 is 6.18 Å². The van der Waals surface area contributed by atoms with Crippen molar-refractivity contribution < 1.29 is 17.9 Å². The number of benzene rings is 1. The van der Waals surface area contributed by atoms with Crippen molar-refractivity contribution in [2.75, 3.05) is 37.4 Å². The zero-order chi connectivity index (χ0) is 26.0. The number of hydrogen-bond donors (Lipinski definition) is 2. The van der Waals surface area contributed by atoms with Crippen molar-refractivity contribution in [2.45, 2.75) is 51.2 Å². The Morgan fingerprint density at radius 1 is 1.14 bits per heavy atom. The summed E-state index contributed by atoms with van der Waals surface area (Å²) in [5.41, 5.74) is 0.227. The third kappa shape index (κ3) is 5.45.